The zero-order chi connectivity index (χ0) is 17.0. The second-order valence-corrected chi connectivity index (χ2v) is 7.24. The van der Waals surface area contributed by atoms with Gasteiger partial charge in [-0.1, -0.05) is 26.0 Å². The minimum atomic E-state index is 0. The molecular formula is C19H28IN5. The number of aliphatic imine (C=N–C) groups is 1. The number of hydrogen-bond acceptors (Lipinski definition) is 4. The Bertz CT molecular complexity index is 678. The van der Waals surface area contributed by atoms with Crippen molar-refractivity contribution in [2.75, 3.05) is 13.1 Å². The lowest BCUT2D eigenvalue weighted by Crippen LogP contribution is -2.48. The van der Waals surface area contributed by atoms with Gasteiger partial charge in [-0.25, -0.2) is 4.68 Å². The first-order chi connectivity index (χ1) is 11.5. The lowest BCUT2D eigenvalue weighted by molar-refractivity contribution is 0.359. The van der Waals surface area contributed by atoms with Gasteiger partial charge in [-0.3, -0.25) is 4.99 Å². The SMILES string of the molecule is CC(C)CC1(C)CN=C(NCCc2ccc(-n3cccn3)cc2)N1.I. The van der Waals surface area contributed by atoms with Crippen LogP contribution < -0.4 is 10.6 Å². The average Bonchev–Trinajstić information content (AvgIpc) is 3.18. The molecule has 136 valence electrons. The van der Waals surface area contributed by atoms with Gasteiger partial charge in [-0.15, -0.1) is 24.0 Å². The van der Waals surface area contributed by atoms with Crippen molar-refractivity contribution in [2.45, 2.75) is 39.2 Å². The maximum Gasteiger partial charge on any atom is 0.191 e. The lowest BCUT2D eigenvalue weighted by Gasteiger charge is -2.26. The van der Waals surface area contributed by atoms with E-state index in [4.69, 9.17) is 0 Å². The van der Waals surface area contributed by atoms with Crippen LogP contribution in [0.4, 0.5) is 0 Å². The smallest absolute Gasteiger partial charge is 0.191 e. The van der Waals surface area contributed by atoms with Gasteiger partial charge >= 0.3 is 0 Å². The minimum absolute atomic E-state index is 0. The Kier molecular flexibility index (Phi) is 6.87. The summed E-state index contributed by atoms with van der Waals surface area (Å²) in [4.78, 5) is 4.60. The average molecular weight is 453 g/mol. The van der Waals surface area contributed by atoms with Crippen LogP contribution in [0.2, 0.25) is 0 Å². The molecule has 0 aliphatic carbocycles. The number of hydrogen-bond donors (Lipinski definition) is 2. The Morgan fingerprint density at radius 1 is 1.28 bits per heavy atom. The van der Waals surface area contributed by atoms with Crippen LogP contribution in [0.1, 0.15) is 32.8 Å². The van der Waals surface area contributed by atoms with Gasteiger partial charge in [0.2, 0.25) is 0 Å². The fourth-order valence-corrected chi connectivity index (χ4v) is 3.30. The van der Waals surface area contributed by atoms with E-state index >= 15 is 0 Å². The number of guanidine groups is 1. The third-order valence-corrected chi connectivity index (χ3v) is 4.28. The number of aromatic nitrogens is 2. The molecule has 0 amide bonds. The summed E-state index contributed by atoms with van der Waals surface area (Å²) in [5.41, 5.74) is 2.49. The molecule has 1 unspecified atom stereocenters. The molecule has 0 bridgehead atoms. The highest BCUT2D eigenvalue weighted by atomic mass is 127. The van der Waals surface area contributed by atoms with Crippen molar-refractivity contribution in [1.82, 2.24) is 20.4 Å². The number of rotatable bonds is 6. The largest absolute Gasteiger partial charge is 0.356 e. The van der Waals surface area contributed by atoms with E-state index in [0.29, 0.717) is 5.92 Å². The molecule has 1 aromatic heterocycles. The van der Waals surface area contributed by atoms with E-state index in [1.165, 1.54) is 5.56 Å². The van der Waals surface area contributed by atoms with Crippen molar-refractivity contribution >= 4 is 29.9 Å². The predicted octanol–water partition coefficient (Wildman–Crippen LogP) is 3.39. The van der Waals surface area contributed by atoms with Gasteiger partial charge in [0.1, 0.15) is 0 Å². The van der Waals surface area contributed by atoms with Gasteiger partial charge in [0.05, 0.1) is 17.8 Å². The highest BCUT2D eigenvalue weighted by Crippen LogP contribution is 2.20. The van der Waals surface area contributed by atoms with Crippen LogP contribution in [0.15, 0.2) is 47.7 Å². The number of benzene rings is 1. The molecule has 0 fully saturated rings. The third-order valence-electron chi connectivity index (χ3n) is 4.28. The van der Waals surface area contributed by atoms with Gasteiger partial charge in [0.15, 0.2) is 5.96 Å². The molecule has 2 heterocycles. The third kappa shape index (κ3) is 5.45. The Labute approximate surface area is 167 Å². The zero-order valence-corrected chi connectivity index (χ0v) is 17.5. The Hall–Kier alpha value is -1.57. The van der Waals surface area contributed by atoms with Gasteiger partial charge in [0.25, 0.3) is 0 Å². The van der Waals surface area contributed by atoms with Crippen LogP contribution in [-0.2, 0) is 6.42 Å². The van der Waals surface area contributed by atoms with E-state index in [9.17, 15) is 0 Å². The molecule has 0 saturated heterocycles. The molecule has 0 spiro atoms. The van der Waals surface area contributed by atoms with Crippen molar-refractivity contribution in [2.24, 2.45) is 10.9 Å². The van der Waals surface area contributed by atoms with E-state index in [1.807, 2.05) is 16.9 Å². The monoisotopic (exact) mass is 453 g/mol. The summed E-state index contributed by atoms with van der Waals surface area (Å²) in [6.45, 7) is 8.49. The Morgan fingerprint density at radius 2 is 2.04 bits per heavy atom. The number of nitrogens with one attached hydrogen (secondary N) is 2. The molecule has 0 saturated carbocycles. The van der Waals surface area contributed by atoms with E-state index < -0.39 is 0 Å². The maximum atomic E-state index is 4.60. The summed E-state index contributed by atoms with van der Waals surface area (Å²) < 4.78 is 1.87. The predicted molar refractivity (Wildman–Crippen MR) is 114 cm³/mol. The first-order valence-electron chi connectivity index (χ1n) is 8.70. The topological polar surface area (TPSA) is 54.2 Å². The molecular weight excluding hydrogens is 425 g/mol. The summed E-state index contributed by atoms with van der Waals surface area (Å²) in [5.74, 6) is 1.61. The van der Waals surface area contributed by atoms with Crippen LogP contribution in [0.25, 0.3) is 5.69 Å². The molecule has 3 rings (SSSR count). The number of nitrogens with zero attached hydrogens (tertiary/aromatic N) is 3. The molecule has 1 aromatic carbocycles. The molecule has 1 aliphatic heterocycles. The molecule has 1 aliphatic rings. The first kappa shape index (κ1) is 19.8. The summed E-state index contributed by atoms with van der Waals surface area (Å²) in [5, 5.41) is 11.2. The highest BCUT2D eigenvalue weighted by molar-refractivity contribution is 14.0. The van der Waals surface area contributed by atoms with Crippen molar-refractivity contribution < 1.29 is 0 Å². The molecule has 2 aromatic rings. The zero-order valence-electron chi connectivity index (χ0n) is 15.2. The van der Waals surface area contributed by atoms with Gasteiger partial charge in [0, 0.05) is 18.9 Å². The van der Waals surface area contributed by atoms with Crippen LogP contribution in [0.3, 0.4) is 0 Å². The molecule has 5 nitrogen and oxygen atoms in total. The van der Waals surface area contributed by atoms with Crippen LogP contribution in [0, 0.1) is 5.92 Å². The van der Waals surface area contributed by atoms with Crippen LogP contribution in [0.5, 0.6) is 0 Å². The van der Waals surface area contributed by atoms with Crippen LogP contribution >= 0.6 is 24.0 Å². The molecule has 2 N–H and O–H groups in total. The van der Waals surface area contributed by atoms with Crippen molar-refractivity contribution in [1.29, 1.82) is 0 Å². The first-order valence-corrected chi connectivity index (χ1v) is 8.70. The summed E-state index contributed by atoms with van der Waals surface area (Å²) >= 11 is 0. The quantitative estimate of drug-likeness (QED) is 0.660. The van der Waals surface area contributed by atoms with Gasteiger partial charge in [-0.2, -0.15) is 5.10 Å². The number of halogens is 1. The second-order valence-electron chi connectivity index (χ2n) is 7.24. The fourth-order valence-electron chi connectivity index (χ4n) is 3.30. The van der Waals surface area contributed by atoms with Gasteiger partial charge < -0.3 is 10.6 Å². The Morgan fingerprint density at radius 3 is 2.68 bits per heavy atom. The molecule has 0 radical (unpaired) electrons. The maximum absolute atomic E-state index is 4.60. The van der Waals surface area contributed by atoms with Crippen LogP contribution in [-0.4, -0.2) is 34.4 Å². The Balaban J connectivity index is 0.00000225. The van der Waals surface area contributed by atoms with Gasteiger partial charge in [-0.05, 0) is 49.4 Å². The lowest BCUT2D eigenvalue weighted by atomic mass is 9.92. The highest BCUT2D eigenvalue weighted by Gasteiger charge is 2.30. The molecule has 25 heavy (non-hydrogen) atoms. The standard InChI is InChI=1S/C19H27N5.HI/c1-15(2)13-19(3)14-21-18(23-19)20-11-9-16-5-7-17(8-6-16)24-12-4-10-22-24;/h4-8,10,12,15H,9,11,13-14H2,1-3H3,(H2,20,21,23);1H. The van der Waals surface area contributed by atoms with Crippen molar-refractivity contribution in [3.63, 3.8) is 0 Å². The molecule has 1 atom stereocenters. The molecule has 6 heteroatoms. The van der Waals surface area contributed by atoms with E-state index in [1.54, 1.807) is 6.20 Å². The second kappa shape index (κ2) is 8.69. The van der Waals surface area contributed by atoms with E-state index in [2.05, 4.69) is 65.8 Å². The summed E-state index contributed by atoms with van der Waals surface area (Å²) in [6.07, 6.45) is 5.85. The summed E-state index contributed by atoms with van der Waals surface area (Å²) in [7, 11) is 0. The van der Waals surface area contributed by atoms with E-state index in [0.717, 1.165) is 37.6 Å². The van der Waals surface area contributed by atoms with E-state index in [-0.39, 0.29) is 29.5 Å². The normalized spacial score (nSPS) is 19.3. The van der Waals surface area contributed by atoms with Crippen molar-refractivity contribution in [3.05, 3.63) is 48.3 Å². The van der Waals surface area contributed by atoms with Crippen molar-refractivity contribution in [3.8, 4) is 5.69 Å². The minimum Gasteiger partial charge on any atom is -0.356 e. The summed E-state index contributed by atoms with van der Waals surface area (Å²) in [6, 6.07) is 10.5. The fraction of sp³-hybridized carbons (Fsp3) is 0.474.